The van der Waals surface area contributed by atoms with Crippen LogP contribution < -0.4 is 4.90 Å². The zero-order valence-corrected chi connectivity index (χ0v) is 8.38. The summed E-state index contributed by atoms with van der Waals surface area (Å²) in [6.45, 7) is 0. The molecule has 0 fully saturated rings. The zero-order valence-electron chi connectivity index (χ0n) is 8.38. The first-order valence-corrected chi connectivity index (χ1v) is 4.59. The number of anilines is 1. The van der Waals surface area contributed by atoms with Crippen LogP contribution in [0.3, 0.4) is 0 Å². The molecule has 2 rings (SSSR count). The Morgan fingerprint density at radius 3 is 2.29 bits per heavy atom. The van der Waals surface area contributed by atoms with Gasteiger partial charge in [-0.05, 0) is 18.2 Å². The molecule has 1 aliphatic rings. The summed E-state index contributed by atoms with van der Waals surface area (Å²) in [6.07, 6.45) is 2.05. The fourth-order valence-corrected chi connectivity index (χ4v) is 1.51. The zero-order chi connectivity index (χ0) is 12.6. The normalized spacial score (nSPS) is 14.5. The highest BCUT2D eigenvalue weighted by atomic mass is 19.1. The Morgan fingerprint density at radius 1 is 1.18 bits per heavy atom. The molecular weight excluding hydrogens is 229 g/mol. The number of carbonyl (C=O) groups is 3. The fourth-order valence-electron chi connectivity index (χ4n) is 1.51. The highest BCUT2D eigenvalue weighted by molar-refractivity contribution is 6.29. The number of amides is 2. The highest BCUT2D eigenvalue weighted by Crippen LogP contribution is 2.24. The molecule has 0 spiro atoms. The van der Waals surface area contributed by atoms with E-state index in [0.717, 1.165) is 30.4 Å². The van der Waals surface area contributed by atoms with Gasteiger partial charge in [-0.2, -0.15) is 0 Å². The second-order valence-corrected chi connectivity index (χ2v) is 3.31. The molecule has 1 aromatic carbocycles. The Hall–Kier alpha value is -2.50. The fraction of sp³-hybridized carbons (Fsp3) is 0. The maximum Gasteiger partial charge on any atom is 0.337 e. The van der Waals surface area contributed by atoms with E-state index in [1.54, 1.807) is 0 Å². The molecule has 0 aliphatic carbocycles. The number of imide groups is 1. The molecule has 0 saturated heterocycles. The van der Waals surface area contributed by atoms with Gasteiger partial charge in [-0.1, -0.05) is 0 Å². The minimum absolute atomic E-state index is 0.140. The van der Waals surface area contributed by atoms with Crippen molar-refractivity contribution in [2.75, 3.05) is 4.90 Å². The lowest BCUT2D eigenvalue weighted by atomic mass is 10.1. The first-order chi connectivity index (χ1) is 8.00. The number of nitrogens with zero attached hydrogens (tertiary/aromatic N) is 1. The van der Waals surface area contributed by atoms with E-state index in [1.807, 2.05) is 0 Å². The molecule has 1 N–H and O–H groups in total. The van der Waals surface area contributed by atoms with Gasteiger partial charge in [0.2, 0.25) is 0 Å². The third-order valence-electron chi connectivity index (χ3n) is 2.24. The molecule has 0 atom stereocenters. The topological polar surface area (TPSA) is 74.7 Å². The average molecular weight is 235 g/mol. The number of halogens is 1. The van der Waals surface area contributed by atoms with Gasteiger partial charge in [0, 0.05) is 12.2 Å². The molecule has 1 aliphatic heterocycles. The molecule has 17 heavy (non-hydrogen) atoms. The number of benzene rings is 1. The van der Waals surface area contributed by atoms with Crippen molar-refractivity contribution in [2.24, 2.45) is 0 Å². The van der Waals surface area contributed by atoms with Crippen molar-refractivity contribution in [1.82, 2.24) is 0 Å². The van der Waals surface area contributed by atoms with E-state index in [4.69, 9.17) is 5.11 Å². The number of carboxylic acids is 1. The standard InChI is InChI=1S/C11H6FNO4/c12-6-1-2-8(7(5-6)11(16)17)13-9(14)3-4-10(13)15/h1-5H,(H,16,17). The van der Waals surface area contributed by atoms with Gasteiger partial charge >= 0.3 is 5.97 Å². The van der Waals surface area contributed by atoms with Crippen LogP contribution in [0.25, 0.3) is 0 Å². The number of hydrogen-bond donors (Lipinski definition) is 1. The van der Waals surface area contributed by atoms with Crippen LogP contribution in [0, 0.1) is 5.82 Å². The van der Waals surface area contributed by atoms with E-state index in [-0.39, 0.29) is 5.69 Å². The van der Waals surface area contributed by atoms with E-state index >= 15 is 0 Å². The number of carboxylic acid groups (broad SMARTS) is 1. The predicted molar refractivity (Wildman–Crippen MR) is 55.0 cm³/mol. The van der Waals surface area contributed by atoms with Gasteiger partial charge < -0.3 is 5.11 Å². The summed E-state index contributed by atoms with van der Waals surface area (Å²) < 4.78 is 12.9. The van der Waals surface area contributed by atoms with Crippen LogP contribution in [0.4, 0.5) is 10.1 Å². The number of rotatable bonds is 2. The van der Waals surface area contributed by atoms with Gasteiger partial charge in [-0.25, -0.2) is 14.1 Å². The largest absolute Gasteiger partial charge is 0.478 e. The van der Waals surface area contributed by atoms with E-state index in [2.05, 4.69) is 0 Å². The van der Waals surface area contributed by atoms with Gasteiger partial charge in [-0.3, -0.25) is 9.59 Å². The van der Waals surface area contributed by atoms with E-state index in [9.17, 15) is 18.8 Å². The third kappa shape index (κ3) is 1.80. The van der Waals surface area contributed by atoms with Crippen molar-refractivity contribution in [3.05, 3.63) is 41.7 Å². The maximum atomic E-state index is 12.9. The SMILES string of the molecule is O=C(O)c1cc(F)ccc1N1C(=O)C=CC1=O. The third-order valence-corrected chi connectivity index (χ3v) is 2.24. The van der Waals surface area contributed by atoms with Gasteiger partial charge in [0.15, 0.2) is 0 Å². The molecule has 0 unspecified atom stereocenters. The molecule has 1 heterocycles. The van der Waals surface area contributed by atoms with Gasteiger partial charge in [0.05, 0.1) is 11.3 Å². The summed E-state index contributed by atoms with van der Waals surface area (Å²) in [5.41, 5.74) is -0.575. The Morgan fingerprint density at radius 2 is 1.76 bits per heavy atom. The maximum absolute atomic E-state index is 12.9. The van der Waals surface area contributed by atoms with Crippen LogP contribution in [0.5, 0.6) is 0 Å². The Bertz CT molecular complexity index is 547. The summed E-state index contributed by atoms with van der Waals surface area (Å²) in [6, 6.07) is 2.83. The first kappa shape index (κ1) is 11.0. The van der Waals surface area contributed by atoms with Crippen molar-refractivity contribution in [3.63, 3.8) is 0 Å². The predicted octanol–water partition coefficient (Wildman–Crippen LogP) is 0.953. The van der Waals surface area contributed by atoms with Gasteiger partial charge in [0.25, 0.3) is 11.8 Å². The first-order valence-electron chi connectivity index (χ1n) is 4.59. The average Bonchev–Trinajstić information content (AvgIpc) is 2.59. The van der Waals surface area contributed by atoms with Crippen molar-refractivity contribution >= 4 is 23.5 Å². The summed E-state index contributed by atoms with van der Waals surface area (Å²) in [5.74, 6) is -3.46. The molecule has 86 valence electrons. The molecule has 0 bridgehead atoms. The van der Waals surface area contributed by atoms with E-state index in [0.29, 0.717) is 4.90 Å². The lowest BCUT2D eigenvalue weighted by molar-refractivity contribution is -0.119. The van der Waals surface area contributed by atoms with Crippen molar-refractivity contribution < 1.29 is 23.9 Å². The van der Waals surface area contributed by atoms with Gasteiger partial charge in [-0.15, -0.1) is 0 Å². The Kier molecular flexibility index (Phi) is 2.47. The van der Waals surface area contributed by atoms with Crippen LogP contribution in [0.15, 0.2) is 30.4 Å². The van der Waals surface area contributed by atoms with Crippen LogP contribution in [-0.2, 0) is 9.59 Å². The lowest BCUT2D eigenvalue weighted by Crippen LogP contribution is -2.31. The molecule has 1 aromatic rings. The molecule has 2 amide bonds. The second-order valence-electron chi connectivity index (χ2n) is 3.31. The smallest absolute Gasteiger partial charge is 0.337 e. The Balaban J connectivity index is 2.56. The lowest BCUT2D eigenvalue weighted by Gasteiger charge is -2.16. The molecule has 0 radical (unpaired) electrons. The Labute approximate surface area is 94.8 Å². The summed E-state index contributed by atoms with van der Waals surface area (Å²) >= 11 is 0. The van der Waals surface area contributed by atoms with E-state index in [1.165, 1.54) is 0 Å². The molecule has 5 nitrogen and oxygen atoms in total. The number of aromatic carboxylic acids is 1. The number of hydrogen-bond acceptors (Lipinski definition) is 3. The molecule has 0 aromatic heterocycles. The van der Waals surface area contributed by atoms with Crippen molar-refractivity contribution in [1.29, 1.82) is 0 Å². The number of carbonyl (C=O) groups excluding carboxylic acids is 2. The van der Waals surface area contributed by atoms with Gasteiger partial charge in [0.1, 0.15) is 5.82 Å². The van der Waals surface area contributed by atoms with Crippen molar-refractivity contribution in [3.8, 4) is 0 Å². The molecule has 0 saturated carbocycles. The van der Waals surface area contributed by atoms with Crippen LogP contribution in [-0.4, -0.2) is 22.9 Å². The highest BCUT2D eigenvalue weighted by Gasteiger charge is 2.29. The summed E-state index contributed by atoms with van der Waals surface area (Å²) in [4.78, 5) is 34.3. The monoisotopic (exact) mass is 235 g/mol. The van der Waals surface area contributed by atoms with Crippen LogP contribution >= 0.6 is 0 Å². The van der Waals surface area contributed by atoms with Crippen LogP contribution in [0.1, 0.15) is 10.4 Å². The summed E-state index contributed by atoms with van der Waals surface area (Å²) in [5, 5.41) is 8.89. The van der Waals surface area contributed by atoms with Crippen molar-refractivity contribution in [2.45, 2.75) is 0 Å². The minimum atomic E-state index is -1.41. The van der Waals surface area contributed by atoms with E-state index < -0.39 is 29.2 Å². The minimum Gasteiger partial charge on any atom is -0.478 e. The molecule has 6 heteroatoms. The second kappa shape index (κ2) is 3.82. The summed E-state index contributed by atoms with van der Waals surface area (Å²) in [7, 11) is 0. The quantitative estimate of drug-likeness (QED) is 0.774. The molecular formula is C11H6FNO4. The van der Waals surface area contributed by atoms with Crippen LogP contribution in [0.2, 0.25) is 0 Å².